The van der Waals surface area contributed by atoms with Gasteiger partial charge in [-0.25, -0.2) is 19.5 Å². The number of β-lactam (4-membered cyclic amide) rings is 1. The Morgan fingerprint density at radius 1 is 1.28 bits per heavy atom. The summed E-state index contributed by atoms with van der Waals surface area (Å²) in [5.41, 5.74) is 7.60. The number of benzene rings is 1. The van der Waals surface area contributed by atoms with Gasteiger partial charge in [-0.1, -0.05) is 30.3 Å². The number of hydrogen-bond donors (Lipinski definition) is 2. The number of urea groups is 1. The molecule has 1 saturated carbocycles. The summed E-state index contributed by atoms with van der Waals surface area (Å²) in [6, 6.07) is 11.7. The topological polar surface area (TPSA) is 115 Å². The van der Waals surface area contributed by atoms with E-state index in [1.165, 1.54) is 7.11 Å². The van der Waals surface area contributed by atoms with Gasteiger partial charge >= 0.3 is 12.0 Å². The Hall–Kier alpha value is -3.42. The molecule has 2 heterocycles. The molecule has 1 aromatic heterocycles. The number of pyridine rings is 1. The number of esters is 1. The van der Waals surface area contributed by atoms with Gasteiger partial charge in [-0.05, 0) is 36.1 Å². The normalized spacial score (nSPS) is 25.1. The third-order valence-corrected chi connectivity index (χ3v) is 5.50. The van der Waals surface area contributed by atoms with E-state index in [0.29, 0.717) is 5.82 Å². The number of rotatable bonds is 5. The lowest BCUT2D eigenvalue weighted by atomic mass is 9.82. The van der Waals surface area contributed by atoms with E-state index in [4.69, 9.17) is 10.5 Å². The fourth-order valence-corrected chi connectivity index (χ4v) is 3.89. The number of nitrogen functional groups attached to an aromatic ring is 1. The van der Waals surface area contributed by atoms with Gasteiger partial charge in [-0.15, -0.1) is 0 Å². The number of hydrogen-bond acceptors (Lipinski definition) is 6. The van der Waals surface area contributed by atoms with Gasteiger partial charge in [0.2, 0.25) is 5.91 Å². The Morgan fingerprint density at radius 2 is 2.03 bits per heavy atom. The molecular weight excluding hydrogens is 372 g/mol. The van der Waals surface area contributed by atoms with E-state index in [1.807, 2.05) is 30.3 Å². The molecule has 0 spiro atoms. The quantitative estimate of drug-likeness (QED) is 0.586. The van der Waals surface area contributed by atoms with E-state index < -0.39 is 29.9 Å². The summed E-state index contributed by atoms with van der Waals surface area (Å²) < 4.78 is 4.84. The van der Waals surface area contributed by atoms with Crippen molar-refractivity contribution < 1.29 is 19.1 Å². The van der Waals surface area contributed by atoms with Gasteiger partial charge in [-0.3, -0.25) is 4.79 Å². The van der Waals surface area contributed by atoms with E-state index in [-0.39, 0.29) is 18.4 Å². The molecule has 2 fully saturated rings. The van der Waals surface area contributed by atoms with Crippen molar-refractivity contribution in [3.8, 4) is 0 Å². The standard InChI is InChI=1S/C21H22N4O4/c1-29-20(27)18-15(9-12-7-8-23-17(22)10-12)19(26)25(18)21(28)24-16-11-14(16)13-5-3-2-4-6-13/h2-8,10,14-16,18H,9,11H2,1H3,(H2,22,23)(H,24,28)/t14-,15-,16+,18+/m1/s1. The Balaban J connectivity index is 1.43. The fraction of sp³-hybridized carbons (Fsp3) is 0.333. The smallest absolute Gasteiger partial charge is 0.329 e. The largest absolute Gasteiger partial charge is 0.467 e. The van der Waals surface area contributed by atoms with Gasteiger partial charge in [-0.2, -0.15) is 0 Å². The summed E-state index contributed by atoms with van der Waals surface area (Å²) >= 11 is 0. The lowest BCUT2D eigenvalue weighted by molar-refractivity contribution is -0.167. The van der Waals surface area contributed by atoms with Crippen LogP contribution >= 0.6 is 0 Å². The number of nitrogens with two attached hydrogens (primary N) is 1. The third kappa shape index (κ3) is 3.65. The summed E-state index contributed by atoms with van der Waals surface area (Å²) in [4.78, 5) is 42.6. The van der Waals surface area contributed by atoms with Crippen LogP contribution in [-0.2, 0) is 20.7 Å². The fourth-order valence-electron chi connectivity index (χ4n) is 3.89. The number of carbonyl (C=O) groups excluding carboxylic acids is 3. The molecule has 4 atom stereocenters. The SMILES string of the molecule is COC(=O)[C@@H]1[C@@H](Cc2ccnc(N)c2)C(=O)N1C(=O)N[C@H]1C[C@@H]1c1ccccc1. The van der Waals surface area contributed by atoms with E-state index >= 15 is 0 Å². The summed E-state index contributed by atoms with van der Waals surface area (Å²) in [7, 11) is 1.25. The molecule has 2 aliphatic rings. The first-order chi connectivity index (χ1) is 14.0. The predicted octanol–water partition coefficient (Wildman–Crippen LogP) is 1.47. The molecule has 1 aliphatic carbocycles. The molecule has 0 unspecified atom stereocenters. The first-order valence-corrected chi connectivity index (χ1v) is 9.46. The van der Waals surface area contributed by atoms with Gasteiger partial charge in [0.1, 0.15) is 5.82 Å². The van der Waals surface area contributed by atoms with E-state index in [2.05, 4.69) is 10.3 Å². The maximum atomic E-state index is 12.7. The molecule has 2 aromatic rings. The lowest BCUT2D eigenvalue weighted by Gasteiger charge is -2.43. The summed E-state index contributed by atoms with van der Waals surface area (Å²) in [6.45, 7) is 0. The number of anilines is 1. The van der Waals surface area contributed by atoms with Gasteiger partial charge in [0.15, 0.2) is 6.04 Å². The summed E-state index contributed by atoms with van der Waals surface area (Å²) in [6.07, 6.45) is 2.63. The highest BCUT2D eigenvalue weighted by atomic mass is 16.5. The maximum Gasteiger partial charge on any atom is 0.329 e. The van der Waals surface area contributed by atoms with Crippen molar-refractivity contribution in [1.82, 2.24) is 15.2 Å². The number of aromatic nitrogens is 1. The number of nitrogens with zero attached hydrogens (tertiary/aromatic N) is 2. The number of nitrogens with one attached hydrogen (secondary N) is 1. The van der Waals surface area contributed by atoms with Crippen LogP contribution in [0.1, 0.15) is 23.5 Å². The average molecular weight is 394 g/mol. The minimum Gasteiger partial charge on any atom is -0.467 e. The van der Waals surface area contributed by atoms with Crippen molar-refractivity contribution >= 4 is 23.7 Å². The molecule has 0 bridgehead atoms. The molecule has 3 N–H and O–H groups in total. The number of carbonyl (C=O) groups is 3. The molecule has 1 saturated heterocycles. The molecule has 8 heteroatoms. The van der Waals surface area contributed by atoms with Crippen molar-refractivity contribution in [2.45, 2.75) is 30.8 Å². The zero-order chi connectivity index (χ0) is 20.5. The molecule has 150 valence electrons. The molecule has 29 heavy (non-hydrogen) atoms. The predicted molar refractivity (Wildman–Crippen MR) is 105 cm³/mol. The summed E-state index contributed by atoms with van der Waals surface area (Å²) in [5, 5.41) is 2.87. The van der Waals surface area contributed by atoms with Crippen LogP contribution < -0.4 is 11.1 Å². The number of likely N-dealkylation sites (tertiary alicyclic amines) is 1. The highest BCUT2D eigenvalue weighted by molar-refractivity contribution is 6.08. The van der Waals surface area contributed by atoms with Crippen LogP contribution in [0, 0.1) is 5.92 Å². The minimum atomic E-state index is -0.948. The summed E-state index contributed by atoms with van der Waals surface area (Å²) in [5.74, 6) is -1.12. The van der Waals surface area contributed by atoms with E-state index in [9.17, 15) is 14.4 Å². The first kappa shape index (κ1) is 18.9. The van der Waals surface area contributed by atoms with Gasteiger partial charge in [0.25, 0.3) is 0 Å². The zero-order valence-electron chi connectivity index (χ0n) is 15.9. The minimum absolute atomic E-state index is 0.0463. The van der Waals surface area contributed by atoms with Crippen molar-refractivity contribution in [1.29, 1.82) is 0 Å². The van der Waals surface area contributed by atoms with Crippen LogP contribution in [-0.4, -0.2) is 47.0 Å². The van der Waals surface area contributed by atoms with Gasteiger partial charge in [0.05, 0.1) is 13.0 Å². The molecule has 4 rings (SSSR count). The second-order valence-electron chi connectivity index (χ2n) is 7.38. The number of imide groups is 1. The molecule has 8 nitrogen and oxygen atoms in total. The zero-order valence-corrected chi connectivity index (χ0v) is 15.9. The Morgan fingerprint density at radius 3 is 2.72 bits per heavy atom. The van der Waals surface area contributed by atoms with Crippen molar-refractivity contribution in [2.75, 3.05) is 12.8 Å². The average Bonchev–Trinajstić information content (AvgIpc) is 3.49. The molecule has 1 aliphatic heterocycles. The van der Waals surface area contributed by atoms with Gasteiger partial charge in [0, 0.05) is 18.2 Å². The van der Waals surface area contributed by atoms with E-state index in [1.54, 1.807) is 18.3 Å². The lowest BCUT2D eigenvalue weighted by Crippen LogP contribution is -2.69. The second-order valence-corrected chi connectivity index (χ2v) is 7.38. The Labute approximate surface area is 168 Å². The Bertz CT molecular complexity index is 949. The third-order valence-electron chi connectivity index (χ3n) is 5.50. The molecule has 0 radical (unpaired) electrons. The second kappa shape index (κ2) is 7.54. The van der Waals surface area contributed by atoms with Crippen LogP contribution in [0.4, 0.5) is 10.6 Å². The number of methoxy groups -OCH3 is 1. The molecule has 3 amide bonds. The van der Waals surface area contributed by atoms with Crippen LogP contribution in [0.2, 0.25) is 0 Å². The van der Waals surface area contributed by atoms with Crippen LogP contribution in [0.3, 0.4) is 0 Å². The highest BCUT2D eigenvalue weighted by Crippen LogP contribution is 2.41. The Kier molecular flexibility index (Phi) is 4.92. The maximum absolute atomic E-state index is 12.7. The van der Waals surface area contributed by atoms with Crippen LogP contribution in [0.5, 0.6) is 0 Å². The van der Waals surface area contributed by atoms with Crippen molar-refractivity contribution in [3.63, 3.8) is 0 Å². The van der Waals surface area contributed by atoms with E-state index in [0.717, 1.165) is 22.4 Å². The van der Waals surface area contributed by atoms with Gasteiger partial charge < -0.3 is 15.8 Å². The first-order valence-electron chi connectivity index (χ1n) is 9.46. The van der Waals surface area contributed by atoms with Crippen molar-refractivity contribution in [2.24, 2.45) is 5.92 Å². The number of amides is 3. The monoisotopic (exact) mass is 394 g/mol. The van der Waals surface area contributed by atoms with Crippen LogP contribution in [0.15, 0.2) is 48.7 Å². The molecular formula is C21H22N4O4. The molecule has 1 aromatic carbocycles. The van der Waals surface area contributed by atoms with Crippen molar-refractivity contribution in [3.05, 3.63) is 59.8 Å². The number of ether oxygens (including phenoxy) is 1. The van der Waals surface area contributed by atoms with Crippen LogP contribution in [0.25, 0.3) is 0 Å². The highest BCUT2D eigenvalue weighted by Gasteiger charge is 2.56.